The summed E-state index contributed by atoms with van der Waals surface area (Å²) in [6, 6.07) is 1.51. The Morgan fingerprint density at radius 3 is 2.86 bits per heavy atom. The number of fused-ring (bicyclic) bond motifs is 4. The van der Waals surface area contributed by atoms with E-state index in [0.717, 1.165) is 50.4 Å². The lowest BCUT2D eigenvalue weighted by atomic mass is 9.94. The number of rotatable bonds is 5. The number of aromatic amines is 2. The molecule has 2 N–H and O–H groups in total. The van der Waals surface area contributed by atoms with E-state index in [4.69, 9.17) is 0 Å². The van der Waals surface area contributed by atoms with Gasteiger partial charge in [-0.15, -0.1) is 0 Å². The monoisotopic (exact) mass is 386 g/mol. The fourth-order valence-electron chi connectivity index (χ4n) is 4.35. The Balaban J connectivity index is 1.40. The summed E-state index contributed by atoms with van der Waals surface area (Å²) in [5, 5.41) is 0. The summed E-state index contributed by atoms with van der Waals surface area (Å²) in [4.78, 5) is 50.0. The van der Waals surface area contributed by atoms with Crippen LogP contribution in [0, 0.1) is 12.8 Å². The lowest BCUT2D eigenvalue weighted by Crippen LogP contribution is -2.47. The highest BCUT2D eigenvalue weighted by atomic mass is 16.2. The second-order valence-electron chi connectivity index (χ2n) is 7.87. The number of aryl methyl sites for hydroxylation is 2. The first kappa shape index (κ1) is 18.7. The zero-order valence-corrected chi connectivity index (χ0v) is 16.1. The number of aromatic nitrogens is 4. The minimum Gasteiger partial charge on any atom is -0.348 e. The Kier molecular flexibility index (Phi) is 5.17. The molecule has 9 nitrogen and oxygen atoms in total. The Bertz CT molecular complexity index is 961. The summed E-state index contributed by atoms with van der Waals surface area (Å²) in [6.07, 6.45) is 5.59. The molecule has 2 aromatic heterocycles. The minimum absolute atomic E-state index is 0.0746. The van der Waals surface area contributed by atoms with Crippen LogP contribution in [0.2, 0.25) is 0 Å². The largest absolute Gasteiger partial charge is 0.348 e. The maximum Gasteiger partial charge on any atom is 0.328 e. The summed E-state index contributed by atoms with van der Waals surface area (Å²) >= 11 is 0. The molecule has 1 amide bonds. The van der Waals surface area contributed by atoms with Crippen LogP contribution in [0.5, 0.6) is 0 Å². The number of hydrogen-bond acceptors (Lipinski definition) is 5. The normalized spacial score (nSPS) is 22.4. The molecule has 3 fully saturated rings. The molecule has 9 heteroatoms. The molecule has 5 rings (SSSR count). The number of H-pyrrole nitrogens is 2. The quantitative estimate of drug-likeness (QED) is 0.757. The van der Waals surface area contributed by atoms with Crippen molar-refractivity contribution in [1.29, 1.82) is 0 Å². The predicted octanol–water partition coefficient (Wildman–Crippen LogP) is 0.0812. The molecular weight excluding hydrogens is 360 g/mol. The molecule has 3 aliphatic rings. The first-order valence-corrected chi connectivity index (χ1v) is 9.80. The molecule has 3 saturated heterocycles. The number of carbonyl (C=O) groups excluding carboxylic acids is 1. The third-order valence-electron chi connectivity index (χ3n) is 5.88. The number of amides is 1. The molecule has 5 heterocycles. The second-order valence-corrected chi connectivity index (χ2v) is 7.87. The fraction of sp³-hybridized carbons (Fsp3) is 0.579. The summed E-state index contributed by atoms with van der Waals surface area (Å²) in [5.41, 5.74) is 1.26. The van der Waals surface area contributed by atoms with Crippen molar-refractivity contribution in [1.82, 2.24) is 29.3 Å². The third kappa shape index (κ3) is 3.94. The van der Waals surface area contributed by atoms with Crippen molar-refractivity contribution in [2.45, 2.75) is 45.3 Å². The molecule has 2 atom stereocenters. The van der Waals surface area contributed by atoms with Crippen molar-refractivity contribution in [3.05, 3.63) is 50.8 Å². The highest BCUT2D eigenvalue weighted by molar-refractivity contribution is 5.76. The Hall–Kier alpha value is -2.68. The van der Waals surface area contributed by atoms with Crippen LogP contribution in [-0.2, 0) is 17.9 Å². The molecule has 150 valence electrons. The van der Waals surface area contributed by atoms with Crippen molar-refractivity contribution < 1.29 is 4.79 Å². The van der Waals surface area contributed by atoms with Gasteiger partial charge in [-0.05, 0) is 25.7 Å². The third-order valence-corrected chi connectivity index (χ3v) is 5.88. The van der Waals surface area contributed by atoms with Crippen molar-refractivity contribution in [2.75, 3.05) is 19.6 Å². The number of piperidine rings is 1. The van der Waals surface area contributed by atoms with E-state index >= 15 is 0 Å². The number of nitrogens with one attached hydrogen (secondary N) is 2. The van der Waals surface area contributed by atoms with Gasteiger partial charge in [-0.3, -0.25) is 19.5 Å². The van der Waals surface area contributed by atoms with Gasteiger partial charge >= 0.3 is 5.69 Å². The van der Waals surface area contributed by atoms with Crippen molar-refractivity contribution >= 4 is 5.91 Å². The van der Waals surface area contributed by atoms with Crippen molar-refractivity contribution in [3.63, 3.8) is 0 Å². The van der Waals surface area contributed by atoms with E-state index in [9.17, 15) is 14.4 Å². The molecule has 2 aromatic rings. The minimum atomic E-state index is -0.474. The lowest BCUT2D eigenvalue weighted by Gasteiger charge is -2.36. The highest BCUT2D eigenvalue weighted by Gasteiger charge is 2.37. The molecule has 0 radical (unpaired) electrons. The molecule has 28 heavy (non-hydrogen) atoms. The van der Waals surface area contributed by atoms with Gasteiger partial charge in [0.2, 0.25) is 5.91 Å². The van der Waals surface area contributed by atoms with Gasteiger partial charge in [0.15, 0.2) is 0 Å². The number of hydrogen-bond donors (Lipinski definition) is 2. The van der Waals surface area contributed by atoms with E-state index < -0.39 is 11.2 Å². The number of imidazole rings is 1. The molecule has 0 spiro atoms. The van der Waals surface area contributed by atoms with Crippen LogP contribution >= 0.6 is 0 Å². The fourth-order valence-corrected chi connectivity index (χ4v) is 4.35. The van der Waals surface area contributed by atoms with Crippen LogP contribution < -0.4 is 11.2 Å². The van der Waals surface area contributed by atoms with E-state index in [2.05, 4.69) is 19.9 Å². The molecule has 2 bridgehead atoms. The van der Waals surface area contributed by atoms with Gasteiger partial charge in [0.1, 0.15) is 0 Å². The molecule has 0 unspecified atom stereocenters. The Morgan fingerprint density at radius 1 is 1.25 bits per heavy atom. The molecule has 0 aromatic carbocycles. The van der Waals surface area contributed by atoms with Gasteiger partial charge in [0.05, 0.1) is 12.0 Å². The van der Waals surface area contributed by atoms with Gasteiger partial charge in [-0.2, -0.15) is 0 Å². The topological polar surface area (TPSA) is 107 Å². The van der Waals surface area contributed by atoms with Gasteiger partial charge in [-0.1, -0.05) is 0 Å². The average Bonchev–Trinajstić information content (AvgIpc) is 2.88. The van der Waals surface area contributed by atoms with Crippen molar-refractivity contribution in [2.24, 2.45) is 5.92 Å². The first-order chi connectivity index (χ1) is 13.5. The molecular formula is C19H26N6O3. The Morgan fingerprint density at radius 2 is 2.11 bits per heavy atom. The maximum absolute atomic E-state index is 12.9. The van der Waals surface area contributed by atoms with Crippen LogP contribution in [0.4, 0.5) is 0 Å². The van der Waals surface area contributed by atoms with E-state index in [1.165, 1.54) is 16.8 Å². The first-order valence-electron chi connectivity index (χ1n) is 9.80. The molecule has 0 saturated carbocycles. The van der Waals surface area contributed by atoms with Crippen LogP contribution in [0.1, 0.15) is 30.7 Å². The van der Waals surface area contributed by atoms with E-state index in [-0.39, 0.29) is 24.9 Å². The summed E-state index contributed by atoms with van der Waals surface area (Å²) in [6.45, 7) is 5.72. The summed E-state index contributed by atoms with van der Waals surface area (Å²) in [5.74, 6) is 0.545. The SMILES string of the molecule is Cc1[nH]cnc1CN1C[C@@H]2CC[C@H](C1)N(C(=O)CCn1ccc(=O)[nH]c1=O)C2. The molecule has 0 aliphatic carbocycles. The lowest BCUT2D eigenvalue weighted by molar-refractivity contribution is -0.135. The van der Waals surface area contributed by atoms with Crippen LogP contribution in [0.25, 0.3) is 0 Å². The summed E-state index contributed by atoms with van der Waals surface area (Å²) in [7, 11) is 0. The van der Waals surface area contributed by atoms with E-state index in [1.807, 2.05) is 11.8 Å². The van der Waals surface area contributed by atoms with E-state index in [1.54, 1.807) is 6.33 Å². The zero-order valence-electron chi connectivity index (χ0n) is 16.1. The maximum atomic E-state index is 12.9. The average molecular weight is 386 g/mol. The van der Waals surface area contributed by atoms with Crippen LogP contribution in [0.15, 0.2) is 28.2 Å². The predicted molar refractivity (Wildman–Crippen MR) is 103 cm³/mol. The second kappa shape index (κ2) is 7.75. The standard InChI is InChI=1S/C19H26N6O3/c1-13-16(21-12-20-13)11-23-8-14-2-3-15(10-23)25(9-14)18(27)5-7-24-6-4-17(26)22-19(24)28/h4,6,12,14-15H,2-3,5,7-11H2,1H3,(H,20,21)(H,22,26,28)/t14-,15+/m0/s1. The molecule has 3 aliphatic heterocycles. The smallest absolute Gasteiger partial charge is 0.328 e. The van der Waals surface area contributed by atoms with Gasteiger partial charge in [0.25, 0.3) is 5.56 Å². The van der Waals surface area contributed by atoms with Crippen LogP contribution in [-0.4, -0.2) is 60.9 Å². The van der Waals surface area contributed by atoms with Gasteiger partial charge in [0, 0.05) is 63.1 Å². The van der Waals surface area contributed by atoms with Crippen LogP contribution in [0.3, 0.4) is 0 Å². The number of nitrogens with zero attached hydrogens (tertiary/aromatic N) is 4. The van der Waals surface area contributed by atoms with Crippen molar-refractivity contribution in [3.8, 4) is 0 Å². The van der Waals surface area contributed by atoms with Gasteiger partial charge in [-0.25, -0.2) is 9.78 Å². The van der Waals surface area contributed by atoms with E-state index in [0.29, 0.717) is 5.92 Å². The van der Waals surface area contributed by atoms with Gasteiger partial charge < -0.3 is 14.5 Å². The highest BCUT2D eigenvalue weighted by Crippen LogP contribution is 2.29. The zero-order chi connectivity index (χ0) is 19.7. The Labute approximate surface area is 162 Å². The number of carbonyl (C=O) groups is 1. The summed E-state index contributed by atoms with van der Waals surface area (Å²) < 4.78 is 1.38.